The molecule has 0 aliphatic carbocycles. The Bertz CT molecular complexity index is 516. The monoisotopic (exact) mass is 235 g/mol. The molecule has 6 heteroatoms. The van der Waals surface area contributed by atoms with E-state index in [1.165, 1.54) is 12.3 Å². The van der Waals surface area contributed by atoms with E-state index in [1.54, 1.807) is 10.9 Å². The van der Waals surface area contributed by atoms with Gasteiger partial charge in [-0.1, -0.05) is 0 Å². The van der Waals surface area contributed by atoms with Gasteiger partial charge in [0.05, 0.1) is 18.5 Å². The molecule has 0 saturated carbocycles. The highest BCUT2D eigenvalue weighted by Crippen LogP contribution is 2.10. The molecule has 2 heterocycles. The molecule has 0 amide bonds. The molecule has 0 atom stereocenters. The summed E-state index contributed by atoms with van der Waals surface area (Å²) in [6.45, 7) is 0.982. The van der Waals surface area contributed by atoms with Gasteiger partial charge in [0, 0.05) is 19.8 Å². The number of carbonyl (C=O) groups is 1. The zero-order valence-electron chi connectivity index (χ0n) is 9.38. The Kier molecular flexibility index (Phi) is 3.24. The number of rotatable bonds is 5. The maximum Gasteiger partial charge on any atom is 0.339 e. The summed E-state index contributed by atoms with van der Waals surface area (Å²) in [6, 6.07) is 3.34. The van der Waals surface area contributed by atoms with Crippen LogP contribution in [0, 0.1) is 0 Å². The molecular formula is C11H13N3O3. The summed E-state index contributed by atoms with van der Waals surface area (Å²) in [5.41, 5.74) is 1.22. The average Bonchev–Trinajstić information content (AvgIpc) is 2.88. The molecule has 0 aromatic carbocycles. The fourth-order valence-corrected chi connectivity index (χ4v) is 1.55. The third kappa shape index (κ3) is 2.54. The third-order valence-corrected chi connectivity index (χ3v) is 2.49. The number of aromatic carboxylic acids is 1. The molecule has 0 saturated heterocycles. The van der Waals surface area contributed by atoms with E-state index in [0.717, 1.165) is 5.69 Å². The summed E-state index contributed by atoms with van der Waals surface area (Å²) in [5, 5.41) is 16.0. The normalized spacial score (nSPS) is 10.6. The van der Waals surface area contributed by atoms with Crippen LogP contribution in [0.5, 0.6) is 0 Å². The van der Waals surface area contributed by atoms with E-state index in [1.807, 2.05) is 13.1 Å². The van der Waals surface area contributed by atoms with Crippen molar-refractivity contribution in [3.05, 3.63) is 41.6 Å². The first-order valence-corrected chi connectivity index (χ1v) is 5.15. The number of aryl methyl sites for hydroxylation is 1. The van der Waals surface area contributed by atoms with Crippen LogP contribution in [0.1, 0.15) is 21.8 Å². The molecule has 0 aliphatic heterocycles. The van der Waals surface area contributed by atoms with Crippen LogP contribution in [-0.4, -0.2) is 20.9 Å². The van der Waals surface area contributed by atoms with Crippen LogP contribution >= 0.6 is 0 Å². The summed E-state index contributed by atoms with van der Waals surface area (Å²) in [7, 11) is 1.85. The van der Waals surface area contributed by atoms with E-state index in [-0.39, 0.29) is 5.56 Å². The number of furan rings is 1. The Hall–Kier alpha value is -2.08. The number of hydrogen-bond donors (Lipinski definition) is 2. The molecule has 0 fully saturated rings. The Morgan fingerprint density at radius 3 is 3.00 bits per heavy atom. The lowest BCUT2D eigenvalue weighted by atomic mass is 10.2. The molecule has 0 unspecified atom stereocenters. The van der Waals surface area contributed by atoms with Gasteiger partial charge >= 0.3 is 5.97 Å². The molecule has 0 bridgehead atoms. The van der Waals surface area contributed by atoms with Gasteiger partial charge < -0.3 is 14.8 Å². The molecule has 0 aliphatic rings. The summed E-state index contributed by atoms with van der Waals surface area (Å²) in [4.78, 5) is 10.8. The maximum absolute atomic E-state index is 10.8. The zero-order valence-corrected chi connectivity index (χ0v) is 9.38. The number of nitrogens with one attached hydrogen (secondary N) is 1. The van der Waals surface area contributed by atoms with E-state index in [2.05, 4.69) is 10.4 Å². The standard InChI is InChI=1S/C11H13N3O3/c1-14-8(2-4-13-14)6-12-7-10-9(11(15)16)3-5-17-10/h2-5,12H,6-7H2,1H3,(H,15,16). The van der Waals surface area contributed by atoms with E-state index >= 15 is 0 Å². The summed E-state index contributed by atoms with van der Waals surface area (Å²) < 4.78 is 6.87. The van der Waals surface area contributed by atoms with Crippen molar-refractivity contribution in [1.29, 1.82) is 0 Å². The first-order chi connectivity index (χ1) is 8.18. The number of carboxylic acid groups (broad SMARTS) is 1. The number of aromatic nitrogens is 2. The second-order valence-corrected chi connectivity index (χ2v) is 3.61. The summed E-state index contributed by atoms with van der Waals surface area (Å²) in [6.07, 6.45) is 3.09. The SMILES string of the molecule is Cn1nccc1CNCc1occc1C(=O)O. The first-order valence-electron chi connectivity index (χ1n) is 5.15. The van der Waals surface area contributed by atoms with Crippen LogP contribution in [0.2, 0.25) is 0 Å². The van der Waals surface area contributed by atoms with Gasteiger partial charge in [0.2, 0.25) is 0 Å². The van der Waals surface area contributed by atoms with Gasteiger partial charge in [-0.15, -0.1) is 0 Å². The van der Waals surface area contributed by atoms with Gasteiger partial charge in [0.1, 0.15) is 11.3 Å². The lowest BCUT2D eigenvalue weighted by Crippen LogP contribution is -2.16. The molecule has 2 N–H and O–H groups in total. The minimum Gasteiger partial charge on any atom is -0.478 e. The van der Waals surface area contributed by atoms with Gasteiger partial charge in [-0.3, -0.25) is 4.68 Å². The van der Waals surface area contributed by atoms with Crippen molar-refractivity contribution in [3.8, 4) is 0 Å². The lowest BCUT2D eigenvalue weighted by Gasteiger charge is -2.04. The highest BCUT2D eigenvalue weighted by Gasteiger charge is 2.12. The van der Waals surface area contributed by atoms with Gasteiger partial charge in [0.15, 0.2) is 0 Å². The third-order valence-electron chi connectivity index (χ3n) is 2.49. The van der Waals surface area contributed by atoms with Crippen LogP contribution in [0.25, 0.3) is 0 Å². The lowest BCUT2D eigenvalue weighted by molar-refractivity contribution is 0.0694. The van der Waals surface area contributed by atoms with Crippen molar-refractivity contribution >= 4 is 5.97 Å². The highest BCUT2D eigenvalue weighted by atomic mass is 16.4. The van der Waals surface area contributed by atoms with Crippen molar-refractivity contribution in [2.24, 2.45) is 7.05 Å². The minimum atomic E-state index is -0.976. The van der Waals surface area contributed by atoms with Crippen molar-refractivity contribution in [3.63, 3.8) is 0 Å². The molecule has 2 rings (SSSR count). The molecule has 0 radical (unpaired) electrons. The molecule has 0 spiro atoms. The Morgan fingerprint density at radius 1 is 1.53 bits per heavy atom. The van der Waals surface area contributed by atoms with Gasteiger partial charge in [-0.25, -0.2) is 4.79 Å². The second kappa shape index (κ2) is 4.84. The second-order valence-electron chi connectivity index (χ2n) is 3.61. The minimum absolute atomic E-state index is 0.197. The Morgan fingerprint density at radius 2 is 2.35 bits per heavy atom. The molecule has 2 aromatic heterocycles. The van der Waals surface area contributed by atoms with Crippen LogP contribution in [0.3, 0.4) is 0 Å². The van der Waals surface area contributed by atoms with Crippen molar-refractivity contribution in [2.45, 2.75) is 13.1 Å². The Balaban J connectivity index is 1.92. The molecule has 17 heavy (non-hydrogen) atoms. The molecular weight excluding hydrogens is 222 g/mol. The summed E-state index contributed by atoms with van der Waals surface area (Å²) in [5.74, 6) is -0.546. The summed E-state index contributed by atoms with van der Waals surface area (Å²) >= 11 is 0. The highest BCUT2D eigenvalue weighted by molar-refractivity contribution is 5.88. The van der Waals surface area contributed by atoms with Crippen molar-refractivity contribution in [1.82, 2.24) is 15.1 Å². The zero-order chi connectivity index (χ0) is 12.3. The van der Waals surface area contributed by atoms with E-state index in [9.17, 15) is 4.79 Å². The first kappa shape index (κ1) is 11.4. The van der Waals surface area contributed by atoms with Crippen LogP contribution in [-0.2, 0) is 20.1 Å². The van der Waals surface area contributed by atoms with Gasteiger partial charge in [-0.2, -0.15) is 5.10 Å². The van der Waals surface area contributed by atoms with E-state index in [4.69, 9.17) is 9.52 Å². The molecule has 90 valence electrons. The Labute approximate surface area is 97.9 Å². The van der Waals surface area contributed by atoms with Crippen molar-refractivity contribution < 1.29 is 14.3 Å². The molecule has 6 nitrogen and oxygen atoms in total. The fourth-order valence-electron chi connectivity index (χ4n) is 1.55. The van der Waals surface area contributed by atoms with E-state index < -0.39 is 5.97 Å². The average molecular weight is 235 g/mol. The largest absolute Gasteiger partial charge is 0.478 e. The smallest absolute Gasteiger partial charge is 0.339 e. The van der Waals surface area contributed by atoms with Gasteiger partial charge in [-0.05, 0) is 12.1 Å². The fraction of sp³-hybridized carbons (Fsp3) is 0.273. The quantitative estimate of drug-likeness (QED) is 0.808. The molecule has 2 aromatic rings. The van der Waals surface area contributed by atoms with Crippen LogP contribution in [0.15, 0.2) is 29.0 Å². The predicted molar refractivity (Wildman–Crippen MR) is 59.4 cm³/mol. The number of carboxylic acids is 1. The van der Waals surface area contributed by atoms with Gasteiger partial charge in [0.25, 0.3) is 0 Å². The maximum atomic E-state index is 10.8. The van der Waals surface area contributed by atoms with Crippen LogP contribution in [0.4, 0.5) is 0 Å². The van der Waals surface area contributed by atoms with Crippen molar-refractivity contribution in [2.75, 3.05) is 0 Å². The number of nitrogens with zero attached hydrogens (tertiary/aromatic N) is 2. The number of hydrogen-bond acceptors (Lipinski definition) is 4. The predicted octanol–water partition coefficient (Wildman–Crippen LogP) is 1.00. The topological polar surface area (TPSA) is 80.3 Å². The van der Waals surface area contributed by atoms with Crippen LogP contribution < -0.4 is 5.32 Å². The van der Waals surface area contributed by atoms with E-state index in [0.29, 0.717) is 18.8 Å².